The summed E-state index contributed by atoms with van der Waals surface area (Å²) in [6.07, 6.45) is -0.752. The third-order valence-corrected chi connectivity index (χ3v) is 8.30. The van der Waals surface area contributed by atoms with Crippen LogP contribution in [0.25, 0.3) is 0 Å². The summed E-state index contributed by atoms with van der Waals surface area (Å²) in [5.74, 6) is 0.152. The van der Waals surface area contributed by atoms with Gasteiger partial charge in [-0.25, -0.2) is 0 Å². The van der Waals surface area contributed by atoms with Crippen LogP contribution < -0.4 is 4.74 Å². The number of piperidine rings is 1. The molecule has 1 saturated heterocycles. The Labute approximate surface area is 162 Å². The Bertz CT molecular complexity index is 914. The lowest BCUT2D eigenvalue weighted by Crippen LogP contribution is -2.86. The molecule has 2 aliphatic heterocycles. The molecular weight excluding hydrogens is 362 g/mol. The van der Waals surface area contributed by atoms with Gasteiger partial charge in [-0.1, -0.05) is 6.07 Å². The molecule has 1 aromatic rings. The predicted molar refractivity (Wildman–Crippen MR) is 96.9 cm³/mol. The van der Waals surface area contributed by atoms with Crippen molar-refractivity contribution in [3.63, 3.8) is 0 Å². The average Bonchev–Trinajstić information content (AvgIpc) is 3.33. The van der Waals surface area contributed by atoms with Crippen molar-refractivity contribution in [2.75, 3.05) is 20.1 Å². The minimum absolute atomic E-state index is 0.0985. The molecule has 0 radical (unpaired) electrons. The highest BCUT2D eigenvalue weighted by atomic mass is 16.5. The van der Waals surface area contributed by atoms with E-state index in [4.69, 9.17) is 4.74 Å². The number of hydrogen-bond acceptors (Lipinski definition) is 6. The molecule has 7 heteroatoms. The van der Waals surface area contributed by atoms with Crippen LogP contribution in [0.5, 0.6) is 11.5 Å². The van der Waals surface area contributed by atoms with Gasteiger partial charge in [0.15, 0.2) is 17.6 Å². The second kappa shape index (κ2) is 4.90. The van der Waals surface area contributed by atoms with Crippen LogP contribution in [0.3, 0.4) is 0 Å². The number of benzene rings is 1. The number of likely N-dealkylation sites (N-methyl/N-ethyl adjacent to an activating group) is 1. The molecule has 7 nitrogen and oxygen atoms in total. The topological polar surface area (TPSA) is 107 Å². The maximum atomic E-state index is 12.9. The molecule has 6 rings (SSSR count). The zero-order valence-corrected chi connectivity index (χ0v) is 15.8. The van der Waals surface area contributed by atoms with Gasteiger partial charge in [-0.2, -0.15) is 0 Å². The van der Waals surface area contributed by atoms with Gasteiger partial charge in [0.05, 0.1) is 13.6 Å². The molecule has 2 heterocycles. The summed E-state index contributed by atoms with van der Waals surface area (Å²) in [4.78, 5) is 12.9. The molecule has 5 aliphatic rings. The number of aliphatic hydroxyl groups is 3. The van der Waals surface area contributed by atoms with Crippen molar-refractivity contribution >= 4 is 5.78 Å². The standard InChI is InChI=1S/C21H25NO6/c1-22(8-10-2-3-10)9-15(25)21-16-11-4-5-12(23)18(16)28-19(21)17(26)13(24)7-20(21,27)14(22)6-11/h4-5,10,13-15,19,24-25,27H,2-3,6-9H2,1H3/p+1/t13?,14-,15-,19+,20-,21+,22+/m1/s1. The number of aliphatic hydroxyl groups excluding tert-OH is 2. The number of hydrogen-bond donors (Lipinski definition) is 4. The summed E-state index contributed by atoms with van der Waals surface area (Å²) in [7, 11) is 2.08. The summed E-state index contributed by atoms with van der Waals surface area (Å²) in [5, 5.41) is 44.6. The van der Waals surface area contributed by atoms with E-state index >= 15 is 0 Å². The van der Waals surface area contributed by atoms with Crippen molar-refractivity contribution in [3.8, 4) is 11.5 Å². The van der Waals surface area contributed by atoms with Crippen LogP contribution in [0.2, 0.25) is 0 Å². The molecule has 7 atom stereocenters. The number of Topliss-reactive ketones (excluding diaryl/α,β-unsaturated/α-hetero) is 1. The number of rotatable bonds is 2. The Kier molecular flexibility index (Phi) is 3.01. The summed E-state index contributed by atoms with van der Waals surface area (Å²) in [5.41, 5.74) is -1.34. The van der Waals surface area contributed by atoms with Crippen LogP contribution in [-0.2, 0) is 16.6 Å². The van der Waals surface area contributed by atoms with E-state index in [0.29, 0.717) is 28.9 Å². The van der Waals surface area contributed by atoms with E-state index in [1.165, 1.54) is 12.8 Å². The van der Waals surface area contributed by atoms with Gasteiger partial charge < -0.3 is 29.6 Å². The molecule has 1 aromatic carbocycles. The molecule has 3 aliphatic carbocycles. The number of nitrogens with zero attached hydrogens (tertiary/aromatic N) is 1. The SMILES string of the molecule is C[N@+]1(CC2CC2)C[C@@H](O)[C@]23c4c5ccc(O)c4O[C@H]2C(=O)C(O)C[C@@]3(O)[C@H]1C5. The van der Waals surface area contributed by atoms with Gasteiger partial charge >= 0.3 is 0 Å². The van der Waals surface area contributed by atoms with Crippen LogP contribution in [0.4, 0.5) is 0 Å². The monoisotopic (exact) mass is 388 g/mol. The molecule has 2 bridgehead atoms. The van der Waals surface area contributed by atoms with E-state index < -0.39 is 35.1 Å². The summed E-state index contributed by atoms with van der Waals surface area (Å²) >= 11 is 0. The number of carbonyl (C=O) groups excluding carboxylic acids is 1. The first-order valence-electron chi connectivity index (χ1n) is 10.2. The highest BCUT2D eigenvalue weighted by Gasteiger charge is 2.81. The van der Waals surface area contributed by atoms with Crippen molar-refractivity contribution < 1.29 is 34.4 Å². The van der Waals surface area contributed by atoms with Gasteiger partial charge in [-0.3, -0.25) is 4.79 Å². The Hall–Kier alpha value is -1.67. The van der Waals surface area contributed by atoms with E-state index in [0.717, 1.165) is 12.1 Å². The quantitative estimate of drug-likeness (QED) is 0.514. The number of carbonyl (C=O) groups is 1. The van der Waals surface area contributed by atoms with Gasteiger partial charge in [-0.05, 0) is 24.5 Å². The molecule has 1 spiro atoms. The molecule has 2 saturated carbocycles. The largest absolute Gasteiger partial charge is 0.504 e. The number of phenolic OH excluding ortho intramolecular Hbond substituents is 1. The molecule has 0 aromatic heterocycles. The zero-order valence-electron chi connectivity index (χ0n) is 15.8. The lowest BCUT2D eigenvalue weighted by atomic mass is 9.47. The van der Waals surface area contributed by atoms with Crippen LogP contribution in [0.15, 0.2) is 12.1 Å². The van der Waals surface area contributed by atoms with Gasteiger partial charge in [0.1, 0.15) is 35.8 Å². The van der Waals surface area contributed by atoms with E-state index in [1.54, 1.807) is 6.07 Å². The molecular formula is C21H26NO6+. The molecule has 1 unspecified atom stereocenters. The number of quaternary nitrogens is 1. The minimum Gasteiger partial charge on any atom is -0.504 e. The van der Waals surface area contributed by atoms with Crippen molar-refractivity contribution in [1.29, 1.82) is 0 Å². The lowest BCUT2D eigenvalue weighted by Gasteiger charge is -2.66. The number of ketones is 1. The second-order valence-corrected chi connectivity index (χ2v) is 9.89. The van der Waals surface area contributed by atoms with Crippen LogP contribution >= 0.6 is 0 Å². The van der Waals surface area contributed by atoms with Crippen molar-refractivity contribution in [2.24, 2.45) is 5.92 Å². The first kappa shape index (κ1) is 17.2. The lowest BCUT2D eigenvalue weighted by molar-refractivity contribution is -0.954. The fraction of sp³-hybridized carbons (Fsp3) is 0.667. The highest BCUT2D eigenvalue weighted by Crippen LogP contribution is 2.65. The molecule has 0 amide bonds. The Balaban J connectivity index is 1.65. The third kappa shape index (κ3) is 1.70. The van der Waals surface area contributed by atoms with Gasteiger partial charge in [0, 0.05) is 24.3 Å². The van der Waals surface area contributed by atoms with Crippen LogP contribution in [0.1, 0.15) is 30.4 Å². The molecule has 4 N–H and O–H groups in total. The summed E-state index contributed by atoms with van der Waals surface area (Å²) < 4.78 is 6.42. The average molecular weight is 388 g/mol. The summed E-state index contributed by atoms with van der Waals surface area (Å²) in [6, 6.07) is 3.12. The van der Waals surface area contributed by atoms with E-state index in [2.05, 4.69) is 7.05 Å². The third-order valence-electron chi connectivity index (χ3n) is 8.30. The molecule has 28 heavy (non-hydrogen) atoms. The molecule has 150 valence electrons. The first-order valence-corrected chi connectivity index (χ1v) is 10.2. The van der Waals surface area contributed by atoms with Crippen LogP contribution in [0, 0.1) is 5.92 Å². The number of ether oxygens (including phenoxy) is 1. The highest BCUT2D eigenvalue weighted by molar-refractivity contribution is 5.93. The minimum atomic E-state index is -1.49. The Morgan fingerprint density at radius 2 is 2.04 bits per heavy atom. The van der Waals surface area contributed by atoms with Gasteiger partial charge in [0.25, 0.3) is 0 Å². The second-order valence-electron chi connectivity index (χ2n) is 9.89. The predicted octanol–water partition coefficient (Wildman–Crippen LogP) is -0.388. The fourth-order valence-corrected chi connectivity index (χ4v) is 7.08. The molecule has 3 fully saturated rings. The number of likely N-dealkylation sites (tertiary alicyclic amines) is 1. The first-order chi connectivity index (χ1) is 13.2. The maximum absolute atomic E-state index is 12.9. The summed E-state index contributed by atoms with van der Waals surface area (Å²) in [6.45, 7) is 1.29. The van der Waals surface area contributed by atoms with Crippen molar-refractivity contribution in [3.05, 3.63) is 23.3 Å². The Morgan fingerprint density at radius 1 is 1.29 bits per heavy atom. The van der Waals surface area contributed by atoms with Crippen molar-refractivity contribution in [1.82, 2.24) is 0 Å². The smallest absolute Gasteiger partial charge is 0.202 e. The number of phenols is 1. The van der Waals surface area contributed by atoms with E-state index in [-0.39, 0.29) is 24.0 Å². The van der Waals surface area contributed by atoms with Crippen molar-refractivity contribution in [2.45, 2.75) is 61.1 Å². The fourth-order valence-electron chi connectivity index (χ4n) is 7.08. The van der Waals surface area contributed by atoms with Crippen LogP contribution in [-0.4, -0.2) is 80.8 Å². The van der Waals surface area contributed by atoms with Gasteiger partial charge in [-0.15, -0.1) is 0 Å². The Morgan fingerprint density at radius 3 is 2.75 bits per heavy atom. The van der Waals surface area contributed by atoms with E-state index in [1.807, 2.05) is 6.07 Å². The van der Waals surface area contributed by atoms with E-state index in [9.17, 15) is 25.2 Å². The van der Waals surface area contributed by atoms with Gasteiger partial charge in [0.2, 0.25) is 5.78 Å². The maximum Gasteiger partial charge on any atom is 0.202 e. The normalized spacial score (nSPS) is 48.2. The zero-order chi connectivity index (χ0) is 19.6. The number of aromatic hydroxyl groups is 1.